The predicted molar refractivity (Wildman–Crippen MR) is 82.1 cm³/mol. The molecule has 3 rings (SSSR count). The number of H-pyrrole nitrogens is 1. The molecular weight excluding hydrogens is 279 g/mol. The van der Waals surface area contributed by atoms with Gasteiger partial charge in [0.2, 0.25) is 0 Å². The van der Waals surface area contributed by atoms with Gasteiger partial charge in [0.15, 0.2) is 0 Å². The monoisotopic (exact) mass is 290 g/mol. The lowest BCUT2D eigenvalue weighted by Crippen LogP contribution is -1.99. The van der Waals surface area contributed by atoms with Gasteiger partial charge in [0.1, 0.15) is 0 Å². The van der Waals surface area contributed by atoms with Crippen LogP contribution in [0.4, 0.5) is 5.69 Å². The topological polar surface area (TPSA) is 27.8 Å². The summed E-state index contributed by atoms with van der Waals surface area (Å²) in [7, 11) is 0. The van der Waals surface area contributed by atoms with Crippen LogP contribution in [0.15, 0.2) is 48.7 Å². The summed E-state index contributed by atoms with van der Waals surface area (Å²) in [5.74, 6) is 0. The highest BCUT2D eigenvalue weighted by atomic mass is 35.5. The first-order valence-electron chi connectivity index (χ1n) is 5.98. The maximum Gasteiger partial charge on any atom is 0.0612 e. The van der Waals surface area contributed by atoms with Crippen LogP contribution in [-0.2, 0) is 6.54 Å². The quantitative estimate of drug-likeness (QED) is 0.691. The number of halogens is 2. The third-order valence-electron chi connectivity index (χ3n) is 3.09. The van der Waals surface area contributed by atoms with Crippen LogP contribution in [0, 0.1) is 0 Å². The fourth-order valence-corrected chi connectivity index (χ4v) is 2.41. The molecule has 2 aromatic carbocycles. The number of hydrogen-bond donors (Lipinski definition) is 2. The van der Waals surface area contributed by atoms with Crippen molar-refractivity contribution in [3.8, 4) is 0 Å². The van der Waals surface area contributed by atoms with Crippen LogP contribution in [0.1, 0.15) is 5.56 Å². The zero-order chi connectivity index (χ0) is 13.2. The summed E-state index contributed by atoms with van der Waals surface area (Å²) in [5, 5.41) is 5.72. The molecule has 0 amide bonds. The van der Waals surface area contributed by atoms with E-state index in [9.17, 15) is 0 Å². The molecule has 96 valence electrons. The van der Waals surface area contributed by atoms with Crippen LogP contribution in [0.3, 0.4) is 0 Å². The standard InChI is InChI=1S/C15H12Cl2N2/c16-13-5-4-11(8-14(13)17)19-9-10-2-1-3-15-12(10)6-7-18-15/h1-8,18-19H,9H2. The molecule has 3 aromatic rings. The number of nitrogens with one attached hydrogen (secondary N) is 2. The van der Waals surface area contributed by atoms with Gasteiger partial charge in [-0.1, -0.05) is 35.3 Å². The molecule has 0 saturated carbocycles. The molecule has 0 atom stereocenters. The van der Waals surface area contributed by atoms with Gasteiger partial charge in [-0.2, -0.15) is 0 Å². The Labute approximate surface area is 121 Å². The Kier molecular flexibility index (Phi) is 3.36. The maximum atomic E-state index is 6.00. The number of rotatable bonds is 3. The Bertz CT molecular complexity index is 719. The lowest BCUT2D eigenvalue weighted by molar-refractivity contribution is 1.17. The van der Waals surface area contributed by atoms with Crippen molar-refractivity contribution in [2.24, 2.45) is 0 Å². The van der Waals surface area contributed by atoms with E-state index in [2.05, 4.69) is 28.5 Å². The van der Waals surface area contributed by atoms with Crippen molar-refractivity contribution < 1.29 is 0 Å². The van der Waals surface area contributed by atoms with Gasteiger partial charge in [-0.15, -0.1) is 0 Å². The van der Waals surface area contributed by atoms with Crippen LogP contribution in [0.5, 0.6) is 0 Å². The van der Waals surface area contributed by atoms with E-state index in [0.29, 0.717) is 10.0 Å². The second-order valence-corrected chi connectivity index (χ2v) is 5.15. The molecule has 4 heteroatoms. The minimum absolute atomic E-state index is 0.562. The highest BCUT2D eigenvalue weighted by Gasteiger charge is 2.03. The fourth-order valence-electron chi connectivity index (χ4n) is 2.11. The summed E-state index contributed by atoms with van der Waals surface area (Å²) >= 11 is 11.9. The van der Waals surface area contributed by atoms with Gasteiger partial charge in [0, 0.05) is 29.3 Å². The minimum atomic E-state index is 0.562. The molecule has 0 bridgehead atoms. The second kappa shape index (κ2) is 5.16. The lowest BCUT2D eigenvalue weighted by atomic mass is 10.1. The van der Waals surface area contributed by atoms with Crippen molar-refractivity contribution in [3.63, 3.8) is 0 Å². The summed E-state index contributed by atoms with van der Waals surface area (Å²) in [6.07, 6.45) is 1.95. The molecule has 0 radical (unpaired) electrons. The van der Waals surface area contributed by atoms with Gasteiger partial charge in [-0.05, 0) is 35.9 Å². The molecule has 2 N–H and O–H groups in total. The Morgan fingerprint density at radius 1 is 1.00 bits per heavy atom. The van der Waals surface area contributed by atoms with E-state index >= 15 is 0 Å². The Balaban J connectivity index is 1.82. The van der Waals surface area contributed by atoms with Gasteiger partial charge in [-0.3, -0.25) is 0 Å². The van der Waals surface area contributed by atoms with E-state index in [-0.39, 0.29) is 0 Å². The van der Waals surface area contributed by atoms with E-state index in [1.165, 1.54) is 10.9 Å². The molecule has 1 heterocycles. The molecule has 0 fully saturated rings. The number of anilines is 1. The number of aromatic nitrogens is 1. The van der Waals surface area contributed by atoms with Crippen molar-refractivity contribution in [3.05, 3.63) is 64.3 Å². The molecule has 0 spiro atoms. The van der Waals surface area contributed by atoms with E-state index in [0.717, 1.165) is 17.7 Å². The Morgan fingerprint density at radius 3 is 2.74 bits per heavy atom. The minimum Gasteiger partial charge on any atom is -0.381 e. The molecule has 19 heavy (non-hydrogen) atoms. The van der Waals surface area contributed by atoms with E-state index in [4.69, 9.17) is 23.2 Å². The highest BCUT2D eigenvalue weighted by molar-refractivity contribution is 6.42. The van der Waals surface area contributed by atoms with E-state index in [1.54, 1.807) is 6.07 Å². The van der Waals surface area contributed by atoms with Crippen LogP contribution in [0.25, 0.3) is 10.9 Å². The van der Waals surface area contributed by atoms with Gasteiger partial charge in [0.25, 0.3) is 0 Å². The Morgan fingerprint density at radius 2 is 1.89 bits per heavy atom. The largest absolute Gasteiger partial charge is 0.381 e. The molecule has 0 aliphatic carbocycles. The van der Waals surface area contributed by atoms with Gasteiger partial charge < -0.3 is 10.3 Å². The van der Waals surface area contributed by atoms with Crippen LogP contribution in [0.2, 0.25) is 10.0 Å². The zero-order valence-electron chi connectivity index (χ0n) is 10.1. The molecular formula is C15H12Cl2N2. The van der Waals surface area contributed by atoms with Crippen molar-refractivity contribution in [2.45, 2.75) is 6.54 Å². The summed E-state index contributed by atoms with van der Waals surface area (Å²) < 4.78 is 0. The molecule has 0 aliphatic heterocycles. The summed E-state index contributed by atoms with van der Waals surface area (Å²) in [6.45, 7) is 0.743. The summed E-state index contributed by atoms with van der Waals surface area (Å²) in [4.78, 5) is 3.21. The summed E-state index contributed by atoms with van der Waals surface area (Å²) in [6, 6.07) is 13.9. The Hall–Kier alpha value is -1.64. The first-order chi connectivity index (χ1) is 9.24. The molecule has 2 nitrogen and oxygen atoms in total. The lowest BCUT2D eigenvalue weighted by Gasteiger charge is -2.08. The third-order valence-corrected chi connectivity index (χ3v) is 3.83. The molecule has 0 unspecified atom stereocenters. The average Bonchev–Trinajstić information content (AvgIpc) is 2.89. The van der Waals surface area contributed by atoms with Crippen molar-refractivity contribution in [2.75, 3.05) is 5.32 Å². The average molecular weight is 291 g/mol. The normalized spacial score (nSPS) is 10.8. The van der Waals surface area contributed by atoms with Crippen molar-refractivity contribution in [1.29, 1.82) is 0 Å². The van der Waals surface area contributed by atoms with Gasteiger partial charge >= 0.3 is 0 Å². The van der Waals surface area contributed by atoms with Gasteiger partial charge in [0.05, 0.1) is 10.0 Å². The molecule has 0 saturated heterocycles. The first kappa shape index (κ1) is 12.4. The number of fused-ring (bicyclic) bond motifs is 1. The first-order valence-corrected chi connectivity index (χ1v) is 6.73. The van der Waals surface area contributed by atoms with Crippen LogP contribution >= 0.6 is 23.2 Å². The predicted octanol–water partition coefficient (Wildman–Crippen LogP) is 5.09. The third kappa shape index (κ3) is 2.55. The molecule has 1 aromatic heterocycles. The second-order valence-electron chi connectivity index (χ2n) is 4.34. The maximum absolute atomic E-state index is 6.00. The fraction of sp³-hybridized carbons (Fsp3) is 0.0667. The van der Waals surface area contributed by atoms with Gasteiger partial charge in [-0.25, -0.2) is 0 Å². The van der Waals surface area contributed by atoms with Crippen molar-refractivity contribution >= 4 is 39.8 Å². The van der Waals surface area contributed by atoms with Crippen molar-refractivity contribution in [1.82, 2.24) is 4.98 Å². The summed E-state index contributed by atoms with van der Waals surface area (Å²) in [5.41, 5.74) is 3.35. The van der Waals surface area contributed by atoms with Crippen LogP contribution in [-0.4, -0.2) is 4.98 Å². The van der Waals surface area contributed by atoms with Crippen LogP contribution < -0.4 is 5.32 Å². The smallest absolute Gasteiger partial charge is 0.0612 e. The van der Waals surface area contributed by atoms with E-state index < -0.39 is 0 Å². The highest BCUT2D eigenvalue weighted by Crippen LogP contribution is 2.26. The molecule has 0 aliphatic rings. The SMILES string of the molecule is Clc1ccc(NCc2cccc3[nH]ccc23)cc1Cl. The zero-order valence-corrected chi connectivity index (χ0v) is 11.6. The van der Waals surface area contributed by atoms with E-state index in [1.807, 2.05) is 24.4 Å². The number of aromatic amines is 1. The number of hydrogen-bond acceptors (Lipinski definition) is 1. The number of benzene rings is 2.